The van der Waals surface area contributed by atoms with Crippen molar-refractivity contribution in [3.8, 4) is 50.6 Å². The Morgan fingerprint density at radius 3 is 2.03 bits per heavy atom. The van der Waals surface area contributed by atoms with E-state index in [-0.39, 0.29) is 25.5 Å². The minimum atomic E-state index is -1.87. The Morgan fingerprint density at radius 2 is 1.42 bits per heavy atom. The quantitative estimate of drug-likeness (QED) is 0.106. The van der Waals surface area contributed by atoms with Gasteiger partial charge in [0.15, 0.2) is 0 Å². The Kier molecular flexibility index (Phi) is 14.4. The van der Waals surface area contributed by atoms with Gasteiger partial charge in [-0.25, -0.2) is 4.98 Å². The van der Waals surface area contributed by atoms with Crippen LogP contribution < -0.4 is 4.40 Å². The number of fused-ring (bicyclic) bond motifs is 4. The first-order chi connectivity index (χ1) is 32.6. The van der Waals surface area contributed by atoms with Gasteiger partial charge in [0.25, 0.3) is 0 Å². The molecule has 0 aliphatic heterocycles. The van der Waals surface area contributed by atoms with Crippen LogP contribution in [0.4, 0.5) is 0 Å². The first kappa shape index (κ1) is 49.4. The summed E-state index contributed by atoms with van der Waals surface area (Å²) in [5, 5.41) is 0.918. The van der Waals surface area contributed by atoms with Crippen molar-refractivity contribution in [1.29, 1.82) is 0 Å². The van der Waals surface area contributed by atoms with Gasteiger partial charge in [-0.15, -0.1) is 17.7 Å². The van der Waals surface area contributed by atoms with Gasteiger partial charge in [0.2, 0.25) is 5.71 Å². The Hall–Kier alpha value is -6.06. The molecule has 5 heterocycles. The van der Waals surface area contributed by atoms with E-state index in [0.717, 1.165) is 102 Å². The van der Waals surface area contributed by atoms with Crippen molar-refractivity contribution in [3.63, 3.8) is 0 Å². The van der Waals surface area contributed by atoms with Gasteiger partial charge in [-0.2, -0.15) is 0 Å². The number of aromatic nitrogens is 6. The van der Waals surface area contributed by atoms with Gasteiger partial charge in [-0.1, -0.05) is 93.9 Å². The molecule has 10 rings (SSSR count). The Bertz CT molecular complexity index is 3360. The van der Waals surface area contributed by atoms with Gasteiger partial charge in [-0.05, 0) is 59.5 Å². The predicted octanol–water partition coefficient (Wildman–Crippen LogP) is 14.8. The minimum Gasteiger partial charge on any atom is -0.485 e. The summed E-state index contributed by atoms with van der Waals surface area (Å²) in [6, 6.07) is 47.2. The monoisotopic (exact) mass is 1150 g/mol. The molecule has 69 heavy (non-hydrogen) atoms. The molecule has 5 aromatic carbocycles. The molecule has 0 amide bonds. The van der Waals surface area contributed by atoms with Crippen LogP contribution in [-0.2, 0) is 31.9 Å². The van der Waals surface area contributed by atoms with E-state index in [1.807, 2.05) is 25.1 Å². The van der Waals surface area contributed by atoms with Crippen LogP contribution >= 0.6 is 0 Å². The van der Waals surface area contributed by atoms with Crippen molar-refractivity contribution in [3.05, 3.63) is 174 Å². The van der Waals surface area contributed by atoms with Crippen LogP contribution in [0.1, 0.15) is 69.1 Å². The maximum absolute atomic E-state index is 6.48. The second-order valence-corrected chi connectivity index (χ2v) is 30.8. The first-order valence-corrected chi connectivity index (χ1v) is 31.1. The number of benzene rings is 5. The predicted molar refractivity (Wildman–Crippen MR) is 284 cm³/mol. The molecule has 5 aromatic heterocycles. The number of pyridine rings is 2. The summed E-state index contributed by atoms with van der Waals surface area (Å²) in [6.07, 6.45) is 7.90. The fraction of sp³-hybridized carbons (Fsp3) is 0.250. The second-order valence-electron chi connectivity index (χ2n) is 20.2. The zero-order chi connectivity index (χ0) is 47.9. The average Bonchev–Trinajstić information content (AvgIpc) is 3.91. The largest absolute Gasteiger partial charge is 0.485 e. The number of hydrogen-bond donors (Lipinski definition) is 0. The van der Waals surface area contributed by atoms with Gasteiger partial charge in [0.1, 0.15) is 5.52 Å². The molecule has 10 aromatic rings. The van der Waals surface area contributed by atoms with E-state index in [2.05, 4.69) is 196 Å². The van der Waals surface area contributed by atoms with Gasteiger partial charge < -0.3 is 8.98 Å². The van der Waals surface area contributed by atoms with Gasteiger partial charge >= 0.3 is 132 Å². The maximum Gasteiger partial charge on any atom is 0.235 e. The molecule has 0 aliphatic carbocycles. The van der Waals surface area contributed by atoms with Crippen LogP contribution in [0, 0.1) is 38.8 Å². The van der Waals surface area contributed by atoms with E-state index >= 15 is 0 Å². The third-order valence-electron chi connectivity index (χ3n) is 13.0. The second kappa shape index (κ2) is 20.1. The Morgan fingerprint density at radius 1 is 0.768 bits per heavy atom. The summed E-state index contributed by atoms with van der Waals surface area (Å²) >= 11 is -1.87. The van der Waals surface area contributed by atoms with Gasteiger partial charge in [0, 0.05) is 49.3 Å². The molecule has 7 nitrogen and oxygen atoms in total. The van der Waals surface area contributed by atoms with Crippen molar-refractivity contribution < 1.29 is 24.5 Å². The third kappa shape index (κ3) is 10.0. The molecular weight excluding hydrogens is 1090 g/mol. The summed E-state index contributed by atoms with van der Waals surface area (Å²) in [6.45, 7) is 17.5. The number of aryl methyl sites for hydroxylation is 3. The van der Waals surface area contributed by atoms with Crippen molar-refractivity contribution in [2.24, 2.45) is 5.92 Å². The van der Waals surface area contributed by atoms with Gasteiger partial charge in [-0.3, -0.25) is 15.0 Å². The number of nitrogens with zero attached hydrogens (tertiary/aromatic N) is 6. The summed E-state index contributed by atoms with van der Waals surface area (Å²) < 4.78 is 10.3. The zero-order valence-corrected chi connectivity index (χ0v) is 46.1. The molecule has 1 unspecified atom stereocenters. The summed E-state index contributed by atoms with van der Waals surface area (Å²) in [5.41, 5.74) is 17.6. The normalized spacial score (nSPS) is 12.2. The number of hydrogen-bond acceptors (Lipinski definition) is 6. The zero-order valence-electron chi connectivity index (χ0n) is 41.6. The van der Waals surface area contributed by atoms with E-state index in [0.29, 0.717) is 11.3 Å². The molecule has 0 fully saturated rings. The van der Waals surface area contributed by atoms with E-state index < -0.39 is 13.3 Å². The molecule has 9 heteroatoms. The SMILES string of the molecule is CCC(C)Cc1cc(-c2[c-]cccc2)nc[c]1[Ge]([CH3])([CH3])[CH3].Cc1cc2nc(-c3[c-]cc(C)c4c3oc3nccnc34)n(-c3c(-c4ccccc4)cc(C(C)(C)C)cc3-c3ccccc3)c2c(C)n1.[Ir]. The number of imidazole rings is 1. The molecule has 0 spiro atoms. The van der Waals surface area contributed by atoms with Crippen molar-refractivity contribution in [1.82, 2.24) is 29.5 Å². The Balaban J connectivity index is 0.000000246. The fourth-order valence-electron chi connectivity index (χ4n) is 9.22. The number of furan rings is 1. The first-order valence-electron chi connectivity index (χ1n) is 23.8. The average molecular weight is 1150 g/mol. The number of rotatable bonds is 9. The molecule has 0 bridgehead atoms. The van der Waals surface area contributed by atoms with Crippen LogP contribution in [0.2, 0.25) is 17.3 Å². The Labute approximate surface area is 423 Å². The van der Waals surface area contributed by atoms with Crippen LogP contribution in [0.5, 0.6) is 0 Å². The molecule has 0 aliphatic rings. The van der Waals surface area contributed by atoms with E-state index in [4.69, 9.17) is 19.4 Å². The fourth-order valence-corrected chi connectivity index (χ4v) is 12.6. The molecule has 0 N–H and O–H groups in total. The van der Waals surface area contributed by atoms with E-state index in [9.17, 15) is 0 Å². The standard InChI is InChI=1S/C41H34N5O.C19H26GeN.Ir/c1-24-17-18-30(38-34(24)35-40(47-38)43-20-19-42-35)39-45-33-21-25(2)44-26(3)36(33)46(39)37-31(27-13-9-7-10-14-27)22-29(41(4,5)6)23-32(37)28-15-11-8-12-16-28;1-6-15(2)12-17-13-19(16-10-8-7-9-11-16)21-14-18(17)20(3,4)5;/h7-17,19-23H,1-6H3;7-10,13-15H,6,12H2,1-5H3;/q2*-1;. The smallest absolute Gasteiger partial charge is 0.235 e. The van der Waals surface area contributed by atoms with Crippen molar-refractivity contribution in [2.75, 3.05) is 0 Å². The van der Waals surface area contributed by atoms with Crippen molar-refractivity contribution >= 4 is 50.9 Å². The maximum atomic E-state index is 6.48. The molecule has 0 saturated heterocycles. The topological polar surface area (TPSA) is 82.5 Å². The minimum absolute atomic E-state index is 0. The van der Waals surface area contributed by atoms with Gasteiger partial charge in [0.05, 0.1) is 33.8 Å². The molecule has 1 radical (unpaired) electrons. The van der Waals surface area contributed by atoms with Crippen LogP contribution in [0.25, 0.3) is 83.8 Å². The molecular formula is C60H60GeIrN6O-2. The summed E-state index contributed by atoms with van der Waals surface area (Å²) in [4.78, 5) is 24.2. The van der Waals surface area contributed by atoms with E-state index in [1.54, 1.807) is 16.8 Å². The van der Waals surface area contributed by atoms with Crippen LogP contribution in [0.15, 0.2) is 138 Å². The van der Waals surface area contributed by atoms with Crippen molar-refractivity contribution in [2.45, 2.75) is 90.9 Å². The van der Waals surface area contributed by atoms with Crippen LogP contribution in [0.3, 0.4) is 0 Å². The third-order valence-corrected chi connectivity index (χ3v) is 17.3. The molecule has 1 atom stereocenters. The molecule has 0 saturated carbocycles. The summed E-state index contributed by atoms with van der Waals surface area (Å²) in [5.74, 6) is 8.79. The molecule has 351 valence electrons. The van der Waals surface area contributed by atoms with E-state index in [1.165, 1.54) is 17.5 Å². The summed E-state index contributed by atoms with van der Waals surface area (Å²) in [7, 11) is 0. The van der Waals surface area contributed by atoms with Crippen LogP contribution in [-0.4, -0.2) is 42.8 Å².